The lowest BCUT2D eigenvalue weighted by Crippen LogP contribution is -2.39. The molecule has 0 bridgehead atoms. The molecular formula is C11H15F3N2. The Hall–Kier alpha value is -1.07. The molecule has 1 atom stereocenters. The van der Waals surface area contributed by atoms with Crippen LogP contribution in [-0.2, 0) is 0 Å². The standard InChI is InChI=1S/C11H15F3N2/c1-6-4-7(2)9(8(3)5-6)10(16-15)11(12,13)14/h4-5,10,16H,15H2,1-3H3/t10-/m0/s1. The van der Waals surface area contributed by atoms with Gasteiger partial charge in [-0.3, -0.25) is 5.84 Å². The summed E-state index contributed by atoms with van der Waals surface area (Å²) in [4.78, 5) is 0. The third kappa shape index (κ3) is 2.54. The van der Waals surface area contributed by atoms with Crippen LogP contribution >= 0.6 is 0 Å². The van der Waals surface area contributed by atoms with E-state index in [1.807, 2.05) is 12.3 Å². The van der Waals surface area contributed by atoms with Crippen LogP contribution in [-0.4, -0.2) is 6.18 Å². The fourth-order valence-electron chi connectivity index (χ4n) is 1.99. The molecule has 0 saturated carbocycles. The van der Waals surface area contributed by atoms with E-state index in [1.165, 1.54) is 0 Å². The molecule has 0 aliphatic heterocycles. The number of halogens is 3. The van der Waals surface area contributed by atoms with Gasteiger partial charge in [-0.25, -0.2) is 5.43 Å². The van der Waals surface area contributed by atoms with Gasteiger partial charge in [0.05, 0.1) is 0 Å². The van der Waals surface area contributed by atoms with Gasteiger partial charge in [-0.15, -0.1) is 0 Å². The van der Waals surface area contributed by atoms with Crippen LogP contribution < -0.4 is 11.3 Å². The summed E-state index contributed by atoms with van der Waals surface area (Å²) >= 11 is 0. The van der Waals surface area contributed by atoms with Gasteiger partial charge in [0.25, 0.3) is 0 Å². The summed E-state index contributed by atoms with van der Waals surface area (Å²) < 4.78 is 38.2. The topological polar surface area (TPSA) is 38.0 Å². The Kier molecular flexibility index (Phi) is 3.60. The monoisotopic (exact) mass is 232 g/mol. The van der Waals surface area contributed by atoms with Crippen molar-refractivity contribution in [3.63, 3.8) is 0 Å². The number of nitrogens with two attached hydrogens (primary N) is 1. The van der Waals surface area contributed by atoms with Crippen LogP contribution in [0.25, 0.3) is 0 Å². The minimum absolute atomic E-state index is 0.209. The highest BCUT2D eigenvalue weighted by atomic mass is 19.4. The summed E-state index contributed by atoms with van der Waals surface area (Å²) in [6.07, 6.45) is -4.39. The average molecular weight is 232 g/mol. The average Bonchev–Trinajstić information content (AvgIpc) is 2.08. The van der Waals surface area contributed by atoms with E-state index < -0.39 is 12.2 Å². The summed E-state index contributed by atoms with van der Waals surface area (Å²) in [5.74, 6) is 5.00. The van der Waals surface area contributed by atoms with Crippen LogP contribution in [0, 0.1) is 20.8 Å². The lowest BCUT2D eigenvalue weighted by molar-refractivity contribution is -0.158. The first-order chi connectivity index (χ1) is 7.27. The number of benzene rings is 1. The van der Waals surface area contributed by atoms with E-state index in [2.05, 4.69) is 0 Å². The van der Waals surface area contributed by atoms with Gasteiger partial charge in [-0.2, -0.15) is 13.2 Å². The highest BCUT2D eigenvalue weighted by Gasteiger charge is 2.41. The van der Waals surface area contributed by atoms with Gasteiger partial charge < -0.3 is 0 Å². The smallest absolute Gasteiger partial charge is 0.271 e. The molecule has 5 heteroatoms. The number of nitrogens with one attached hydrogen (secondary N) is 1. The Balaban J connectivity index is 3.31. The molecular weight excluding hydrogens is 217 g/mol. The molecule has 0 amide bonds. The van der Waals surface area contributed by atoms with Crippen LogP contribution in [0.3, 0.4) is 0 Å². The van der Waals surface area contributed by atoms with Crippen molar-refractivity contribution in [1.82, 2.24) is 5.43 Å². The summed E-state index contributed by atoms with van der Waals surface area (Å²) in [5, 5.41) is 0. The lowest BCUT2D eigenvalue weighted by atomic mass is 9.94. The number of aryl methyl sites for hydroxylation is 3. The van der Waals surface area contributed by atoms with Crippen LogP contribution in [0.15, 0.2) is 12.1 Å². The Morgan fingerprint density at radius 2 is 1.56 bits per heavy atom. The van der Waals surface area contributed by atoms with E-state index in [-0.39, 0.29) is 5.56 Å². The second-order valence-corrected chi connectivity index (χ2v) is 3.95. The predicted molar refractivity (Wildman–Crippen MR) is 56.8 cm³/mol. The van der Waals surface area contributed by atoms with Crippen LogP contribution in [0.2, 0.25) is 0 Å². The molecule has 0 fully saturated rings. The molecule has 90 valence electrons. The van der Waals surface area contributed by atoms with E-state index in [0.29, 0.717) is 11.1 Å². The first-order valence-corrected chi connectivity index (χ1v) is 4.88. The Morgan fingerprint density at radius 1 is 1.12 bits per heavy atom. The molecule has 16 heavy (non-hydrogen) atoms. The zero-order valence-corrected chi connectivity index (χ0v) is 9.44. The summed E-state index contributed by atoms with van der Waals surface area (Å²) in [6, 6.07) is 1.63. The molecule has 0 unspecified atom stereocenters. The Morgan fingerprint density at radius 3 is 1.88 bits per heavy atom. The van der Waals surface area contributed by atoms with Crippen molar-refractivity contribution >= 4 is 0 Å². The largest absolute Gasteiger partial charge is 0.409 e. The maximum atomic E-state index is 12.7. The van der Waals surface area contributed by atoms with E-state index in [4.69, 9.17) is 5.84 Å². The number of hydrogen-bond donors (Lipinski definition) is 2. The maximum Gasteiger partial charge on any atom is 0.409 e. The van der Waals surface area contributed by atoms with Crippen molar-refractivity contribution in [2.75, 3.05) is 0 Å². The molecule has 0 aromatic heterocycles. The second kappa shape index (κ2) is 4.43. The van der Waals surface area contributed by atoms with Gasteiger partial charge in [-0.05, 0) is 37.5 Å². The highest BCUT2D eigenvalue weighted by molar-refractivity contribution is 5.40. The minimum atomic E-state index is -4.39. The predicted octanol–water partition coefficient (Wildman–Crippen LogP) is 2.68. The molecule has 1 aromatic carbocycles. The summed E-state index contributed by atoms with van der Waals surface area (Å²) in [5.41, 5.74) is 4.18. The Labute approximate surface area is 92.6 Å². The Bertz CT molecular complexity index is 362. The molecule has 2 nitrogen and oxygen atoms in total. The minimum Gasteiger partial charge on any atom is -0.271 e. The first kappa shape index (κ1) is 13.0. The van der Waals surface area contributed by atoms with Gasteiger partial charge in [0.2, 0.25) is 0 Å². The van der Waals surface area contributed by atoms with Gasteiger partial charge in [0.15, 0.2) is 0 Å². The quantitative estimate of drug-likeness (QED) is 0.607. The van der Waals surface area contributed by atoms with Crippen LogP contribution in [0.1, 0.15) is 28.3 Å². The number of alkyl halides is 3. The lowest BCUT2D eigenvalue weighted by Gasteiger charge is -2.23. The van der Waals surface area contributed by atoms with Gasteiger partial charge >= 0.3 is 6.18 Å². The zero-order chi connectivity index (χ0) is 12.5. The van der Waals surface area contributed by atoms with Crippen molar-refractivity contribution in [1.29, 1.82) is 0 Å². The number of hydrazine groups is 1. The van der Waals surface area contributed by atoms with Gasteiger partial charge in [-0.1, -0.05) is 17.7 Å². The summed E-state index contributed by atoms with van der Waals surface area (Å²) in [6.45, 7) is 5.17. The van der Waals surface area contributed by atoms with Gasteiger partial charge in [0, 0.05) is 0 Å². The van der Waals surface area contributed by atoms with Crippen molar-refractivity contribution in [3.8, 4) is 0 Å². The van der Waals surface area contributed by atoms with Crippen molar-refractivity contribution in [2.45, 2.75) is 33.0 Å². The highest BCUT2D eigenvalue weighted by Crippen LogP contribution is 2.35. The molecule has 0 spiro atoms. The van der Waals surface area contributed by atoms with Crippen molar-refractivity contribution in [3.05, 3.63) is 34.4 Å². The molecule has 1 aromatic rings. The van der Waals surface area contributed by atoms with Gasteiger partial charge in [0.1, 0.15) is 6.04 Å². The van der Waals surface area contributed by atoms with Crippen molar-refractivity contribution < 1.29 is 13.2 Å². The zero-order valence-electron chi connectivity index (χ0n) is 9.44. The van der Waals surface area contributed by atoms with E-state index >= 15 is 0 Å². The third-order valence-corrected chi connectivity index (χ3v) is 2.52. The third-order valence-electron chi connectivity index (χ3n) is 2.52. The summed E-state index contributed by atoms with van der Waals surface area (Å²) in [7, 11) is 0. The molecule has 3 N–H and O–H groups in total. The second-order valence-electron chi connectivity index (χ2n) is 3.95. The van der Waals surface area contributed by atoms with Crippen LogP contribution in [0.4, 0.5) is 13.2 Å². The van der Waals surface area contributed by atoms with E-state index in [9.17, 15) is 13.2 Å². The molecule has 0 radical (unpaired) electrons. The van der Waals surface area contributed by atoms with E-state index in [1.54, 1.807) is 26.0 Å². The molecule has 0 saturated heterocycles. The van der Waals surface area contributed by atoms with Crippen LogP contribution in [0.5, 0.6) is 0 Å². The van der Waals surface area contributed by atoms with Crippen molar-refractivity contribution in [2.24, 2.45) is 5.84 Å². The normalized spacial score (nSPS) is 13.9. The first-order valence-electron chi connectivity index (χ1n) is 4.88. The SMILES string of the molecule is Cc1cc(C)c([C@H](NN)C(F)(F)F)c(C)c1. The maximum absolute atomic E-state index is 12.7. The molecule has 0 aliphatic rings. The molecule has 1 rings (SSSR count). The fourth-order valence-corrected chi connectivity index (χ4v) is 1.99. The fraction of sp³-hybridized carbons (Fsp3) is 0.455. The number of hydrogen-bond acceptors (Lipinski definition) is 2. The van der Waals surface area contributed by atoms with E-state index in [0.717, 1.165) is 5.56 Å². The number of rotatable bonds is 2. The molecule has 0 heterocycles. The molecule has 0 aliphatic carbocycles.